The molecule has 25 N–H and O–H groups in total. The molecule has 112 heavy (non-hydrogen) atoms. The van der Waals surface area contributed by atoms with Gasteiger partial charge in [-0.15, -0.1) is 0 Å². The Balaban J connectivity index is 1.25. The van der Waals surface area contributed by atoms with Crippen LogP contribution in [0.25, 0.3) is 0 Å². The Morgan fingerprint density at radius 1 is 0.455 bits per heavy atom. The number of carbonyl (C=O) groups excluding carboxylic acids is 4. The van der Waals surface area contributed by atoms with Crippen molar-refractivity contribution in [1.29, 1.82) is 0 Å². The standard InChI is InChI=1S/C69H120N4O39/c1-5-6-7-8-9-10-11-12-13-14-15-16-17-18-19-20-35(83)34(70-30-79)28-101-63-53(94)51(92)57(41(26-77)104-63)108-64-54(95)52(93)56(42(27-78)105-64)107-62-46(73-33(4)82)58(50(91)43(106-62)29-102-68(66(97)98)21-36(84)44(71-31(2)80)59(110-68)47(88)38(86)23-74)109-65-55(96)61(49(90)40(25-76)103-65)112-69(67(99)100)22-37(85)45(72-32(3)81)60(111-69)48(89)39(87)24-75/h30,34-65,74-78,83-96H,5-29H2,1-4H3,(H,70,79)(H,71,80)(H,72,81)(H,73,82)(H,97,98)(H,99,100)/t34-,35+,36-,37-,38+,39+,40+,41+,42+,43+,44+,45+,46+,47+,48+,49-,50-,51+,52+,53+,54+,55+,56-,57+,58+,59+,60+,61-,62-,63+,64-,65-,68+,69-/m0/s1. The lowest BCUT2D eigenvalue weighted by molar-refractivity contribution is -0.391. The molecule has 6 saturated heterocycles. The highest BCUT2D eigenvalue weighted by atomic mass is 16.8. The fourth-order valence-electron chi connectivity index (χ4n) is 14.6. The van der Waals surface area contributed by atoms with E-state index in [4.69, 9.17) is 56.8 Å². The molecule has 0 spiro atoms. The Labute approximate surface area is 645 Å². The van der Waals surface area contributed by atoms with Crippen molar-refractivity contribution in [3.8, 4) is 0 Å². The fourth-order valence-corrected chi connectivity index (χ4v) is 14.6. The van der Waals surface area contributed by atoms with Gasteiger partial charge in [-0.2, -0.15) is 0 Å². The number of aliphatic hydroxyl groups is 19. The molecule has 4 amide bonds. The van der Waals surface area contributed by atoms with Crippen molar-refractivity contribution in [2.24, 2.45) is 0 Å². The molecular weight excluding hydrogens is 1510 g/mol. The van der Waals surface area contributed by atoms with E-state index in [-0.39, 0.29) is 6.42 Å². The van der Waals surface area contributed by atoms with Crippen molar-refractivity contribution in [2.75, 3.05) is 46.2 Å². The number of rotatable bonds is 47. The van der Waals surface area contributed by atoms with Crippen molar-refractivity contribution < 1.29 is 193 Å². The maximum absolute atomic E-state index is 13.4. The summed E-state index contributed by atoms with van der Waals surface area (Å²) >= 11 is 0. The quantitative estimate of drug-likeness (QED) is 0.0199. The Bertz CT molecular complexity index is 2830. The summed E-state index contributed by atoms with van der Waals surface area (Å²) in [6.07, 6.45) is -45.7. The minimum Gasteiger partial charge on any atom is -0.477 e. The van der Waals surface area contributed by atoms with Gasteiger partial charge >= 0.3 is 11.9 Å². The first-order valence-corrected chi connectivity index (χ1v) is 38.1. The lowest BCUT2D eigenvalue weighted by Gasteiger charge is -2.52. The van der Waals surface area contributed by atoms with Crippen molar-refractivity contribution in [3.63, 3.8) is 0 Å². The van der Waals surface area contributed by atoms with Crippen LogP contribution in [-0.4, -0.2) is 397 Å². The molecule has 34 atom stereocenters. The van der Waals surface area contributed by atoms with E-state index in [0.29, 0.717) is 12.8 Å². The molecule has 0 aromatic carbocycles. The number of amides is 4. The lowest BCUT2D eigenvalue weighted by Crippen LogP contribution is -2.72. The molecular formula is C69H120N4O39. The maximum atomic E-state index is 13.4. The number of hydrogen-bond acceptors (Lipinski definition) is 37. The van der Waals surface area contributed by atoms with Gasteiger partial charge in [0, 0.05) is 33.6 Å². The average molecular weight is 1630 g/mol. The van der Waals surface area contributed by atoms with Crippen LogP contribution in [0.15, 0.2) is 0 Å². The number of hydrogen-bond donors (Lipinski definition) is 25. The minimum absolute atomic E-state index is 0.257. The van der Waals surface area contributed by atoms with E-state index < -0.39 is 296 Å². The second-order valence-electron chi connectivity index (χ2n) is 29.4. The summed E-state index contributed by atoms with van der Waals surface area (Å²) in [7, 11) is 0. The molecule has 43 heteroatoms. The molecule has 650 valence electrons. The van der Waals surface area contributed by atoms with Crippen LogP contribution in [0.4, 0.5) is 0 Å². The van der Waals surface area contributed by atoms with Gasteiger partial charge in [0.15, 0.2) is 25.2 Å². The highest BCUT2D eigenvalue weighted by Crippen LogP contribution is 2.41. The van der Waals surface area contributed by atoms with Crippen molar-refractivity contribution >= 4 is 36.1 Å². The first kappa shape index (κ1) is 96.4. The first-order valence-electron chi connectivity index (χ1n) is 38.1. The Kier molecular flexibility index (Phi) is 39.7. The molecule has 0 aromatic rings. The summed E-state index contributed by atoms with van der Waals surface area (Å²) in [5, 5.41) is 243. The van der Waals surface area contributed by atoms with Gasteiger partial charge in [-0.05, 0) is 6.42 Å². The number of aliphatic hydroxyl groups excluding tert-OH is 19. The van der Waals surface area contributed by atoms with Gasteiger partial charge in [-0.1, -0.05) is 103 Å². The van der Waals surface area contributed by atoms with Crippen LogP contribution in [0.5, 0.6) is 0 Å². The van der Waals surface area contributed by atoms with Crippen LogP contribution in [-0.2, 0) is 85.6 Å². The molecule has 0 unspecified atom stereocenters. The van der Waals surface area contributed by atoms with Crippen LogP contribution in [0.2, 0.25) is 0 Å². The number of nitrogens with one attached hydrogen (secondary N) is 4. The molecule has 0 saturated carbocycles. The summed E-state index contributed by atoms with van der Waals surface area (Å²) in [4.78, 5) is 76.5. The topological polar surface area (TPSA) is 686 Å². The highest BCUT2D eigenvalue weighted by Gasteiger charge is 2.63. The summed E-state index contributed by atoms with van der Waals surface area (Å²) < 4.78 is 70.6. The van der Waals surface area contributed by atoms with Gasteiger partial charge in [-0.25, -0.2) is 9.59 Å². The molecule has 0 radical (unpaired) electrons. The SMILES string of the molecule is CCCCCCCCCCCCCCCCC[C@@H](O)[C@H](CO[C@@H]1O[C@H](CO)[C@@H](O[C@@H]2O[C@H](CO)[C@H](O[C@@H]3O[C@H](CO[C@]4(C(=O)O)C[C@H](O)[C@@H](NC(C)=O)[C@H]([C@H](O)[C@H](O)CO)O4)[C@H](O)[C@H](O[C@@H]4O[C@H](CO)[C@H](O)[C@H](O[C@]5(C(=O)O)C[C@H](O)[C@@H](NC(C)=O)[C@H]([C@H](O)[C@H](O)CO)O5)[C@H]4O)[C@H]3NC(C)=O)[C@H](O)[C@H]2O)[C@H](O)[C@H]1O)NC=O. The van der Waals surface area contributed by atoms with E-state index in [1.54, 1.807) is 0 Å². The third-order valence-electron chi connectivity index (χ3n) is 20.9. The highest BCUT2D eigenvalue weighted by molar-refractivity contribution is 5.77. The smallest absolute Gasteiger partial charge is 0.364 e. The zero-order valence-corrected chi connectivity index (χ0v) is 63.0. The number of carbonyl (C=O) groups is 6. The zero-order valence-electron chi connectivity index (χ0n) is 63.0. The molecule has 6 aliphatic heterocycles. The Morgan fingerprint density at radius 3 is 1.30 bits per heavy atom. The zero-order chi connectivity index (χ0) is 83.1. The number of unbranched alkanes of at least 4 members (excludes halogenated alkanes) is 14. The first-order chi connectivity index (χ1) is 53.1. The van der Waals surface area contributed by atoms with Crippen molar-refractivity contribution in [3.05, 3.63) is 0 Å². The van der Waals surface area contributed by atoms with Gasteiger partial charge in [0.05, 0.1) is 82.7 Å². The Morgan fingerprint density at radius 2 is 0.848 bits per heavy atom. The third kappa shape index (κ3) is 25.3. The summed E-state index contributed by atoms with van der Waals surface area (Å²) in [5.41, 5.74) is 0. The van der Waals surface area contributed by atoms with Gasteiger partial charge in [0.2, 0.25) is 24.1 Å². The van der Waals surface area contributed by atoms with Crippen LogP contribution in [0.3, 0.4) is 0 Å². The summed E-state index contributed by atoms with van der Waals surface area (Å²) in [6.45, 7) is -2.78. The summed E-state index contributed by atoms with van der Waals surface area (Å²) in [5.74, 6) is -13.7. The van der Waals surface area contributed by atoms with Crippen molar-refractivity contribution in [2.45, 2.75) is 351 Å². The Hall–Kier alpha value is -4.42. The van der Waals surface area contributed by atoms with Crippen LogP contribution < -0.4 is 21.3 Å². The van der Waals surface area contributed by atoms with Gasteiger partial charge < -0.3 is 185 Å². The molecule has 6 rings (SSSR count). The van der Waals surface area contributed by atoms with Gasteiger partial charge in [0.25, 0.3) is 11.6 Å². The third-order valence-corrected chi connectivity index (χ3v) is 20.9. The predicted octanol–water partition coefficient (Wildman–Crippen LogP) is -9.50. The van der Waals surface area contributed by atoms with Crippen LogP contribution in [0.1, 0.15) is 143 Å². The van der Waals surface area contributed by atoms with Gasteiger partial charge in [0.1, 0.15) is 134 Å². The fraction of sp³-hybridized carbons (Fsp3) is 0.913. The van der Waals surface area contributed by atoms with E-state index in [0.717, 1.165) is 52.9 Å². The molecule has 43 nitrogen and oxygen atoms in total. The van der Waals surface area contributed by atoms with E-state index in [1.807, 2.05) is 0 Å². The summed E-state index contributed by atoms with van der Waals surface area (Å²) in [6, 6.07) is -6.70. The lowest BCUT2D eigenvalue weighted by atomic mass is 9.88. The number of aliphatic carboxylic acids is 2. The van der Waals surface area contributed by atoms with E-state index in [9.17, 15) is 136 Å². The molecule has 0 aliphatic carbocycles. The van der Waals surface area contributed by atoms with Crippen LogP contribution >= 0.6 is 0 Å². The number of carboxylic acids is 2. The normalized spacial score (nSPS) is 38.1. The molecule has 0 aromatic heterocycles. The number of ether oxygens (including phenoxy) is 12. The predicted molar refractivity (Wildman–Crippen MR) is 371 cm³/mol. The average Bonchev–Trinajstić information content (AvgIpc) is 0.760. The molecule has 6 heterocycles. The van der Waals surface area contributed by atoms with E-state index >= 15 is 0 Å². The second kappa shape index (κ2) is 46.1. The monoisotopic (exact) mass is 1630 g/mol. The maximum Gasteiger partial charge on any atom is 0.364 e. The van der Waals surface area contributed by atoms with Crippen molar-refractivity contribution in [1.82, 2.24) is 21.3 Å². The molecule has 6 aliphatic rings. The largest absolute Gasteiger partial charge is 0.477 e. The molecule has 6 fully saturated rings. The molecule has 0 bridgehead atoms. The minimum atomic E-state index is -3.35. The number of carboxylic acid groups (broad SMARTS) is 2. The van der Waals surface area contributed by atoms with E-state index in [1.165, 1.54) is 57.8 Å². The second-order valence-corrected chi connectivity index (χ2v) is 29.4. The van der Waals surface area contributed by atoms with E-state index in [2.05, 4.69) is 28.2 Å². The van der Waals surface area contributed by atoms with Gasteiger partial charge in [-0.3, -0.25) is 19.2 Å². The van der Waals surface area contributed by atoms with Crippen LogP contribution in [0, 0.1) is 0 Å².